The van der Waals surface area contributed by atoms with Crippen LogP contribution in [0.5, 0.6) is 0 Å². The van der Waals surface area contributed by atoms with Crippen molar-refractivity contribution in [3.05, 3.63) is 48.5 Å². The molecule has 0 saturated carbocycles. The fourth-order valence-electron chi connectivity index (χ4n) is 3.36. The number of hydrogen-bond donors (Lipinski definition) is 0. The molecule has 0 aromatic heterocycles. The third kappa shape index (κ3) is 12.5. The summed E-state index contributed by atoms with van der Waals surface area (Å²) >= 11 is 0. The Morgan fingerprint density at radius 2 is 1.10 bits per heavy atom. The van der Waals surface area contributed by atoms with Crippen LogP contribution in [0.15, 0.2) is 48.5 Å². The van der Waals surface area contributed by atoms with E-state index in [1.807, 2.05) is 30.3 Å². The van der Waals surface area contributed by atoms with Gasteiger partial charge in [-0.1, -0.05) is 66.2 Å². The Hall–Kier alpha value is 0.0535. The Kier molecular flexibility index (Phi) is 20.0. The van der Waals surface area contributed by atoms with Gasteiger partial charge in [0.05, 0.1) is 0 Å². The summed E-state index contributed by atoms with van der Waals surface area (Å²) in [6.07, 6.45) is 16.9. The zero-order valence-corrected chi connectivity index (χ0v) is 22.1. The molecule has 0 spiro atoms. The summed E-state index contributed by atoms with van der Waals surface area (Å²) in [5.41, 5.74) is 0. The maximum absolute atomic E-state index is 2.50. The van der Waals surface area contributed by atoms with E-state index in [4.69, 9.17) is 0 Å². The van der Waals surface area contributed by atoms with E-state index in [9.17, 15) is 0 Å². The topological polar surface area (TPSA) is 0 Å². The van der Waals surface area contributed by atoms with Crippen molar-refractivity contribution in [3.63, 3.8) is 0 Å². The zero-order valence-electron chi connectivity index (χ0n) is 19.3. The minimum Gasteiger partial charge on any atom is -0.748 e. The van der Waals surface area contributed by atoms with Gasteiger partial charge in [-0.3, -0.25) is 0 Å². The molecule has 0 aliphatic heterocycles. The minimum atomic E-state index is 0. The van der Waals surface area contributed by atoms with Gasteiger partial charge >= 0.3 is 0 Å². The summed E-state index contributed by atoms with van der Waals surface area (Å²) in [7, 11) is 0.205. The molecule has 2 aromatic rings. The van der Waals surface area contributed by atoms with E-state index >= 15 is 0 Å². The SMILES string of the molecule is CCCCP(CCCC)c1ccc[c-]1P(CCCC)CCCC.[Ni].[cH-]1[cH-][cH-][cH-][cH-]1. The molecule has 3 heteroatoms. The fraction of sp³-hybridized carbons (Fsp3) is 0.615. The Labute approximate surface area is 194 Å². The van der Waals surface area contributed by atoms with Gasteiger partial charge in [-0.25, -0.2) is 12.1 Å². The number of hydrogen-bond acceptors (Lipinski definition) is 0. The summed E-state index contributed by atoms with van der Waals surface area (Å²) in [5.74, 6) is 0. The van der Waals surface area contributed by atoms with Gasteiger partial charge in [-0.05, 0) is 37.5 Å². The van der Waals surface area contributed by atoms with Crippen molar-refractivity contribution < 1.29 is 16.5 Å². The first kappa shape index (κ1) is 29.1. The molecule has 0 aliphatic rings. The molecule has 0 heterocycles. The normalized spacial score (nSPS) is 10.7. The predicted octanol–water partition coefficient (Wildman–Crippen LogP) is 8.22. The van der Waals surface area contributed by atoms with Crippen LogP contribution in [0.25, 0.3) is 0 Å². The van der Waals surface area contributed by atoms with E-state index in [2.05, 4.69) is 45.9 Å². The van der Waals surface area contributed by atoms with Gasteiger partial charge in [0.2, 0.25) is 0 Å². The van der Waals surface area contributed by atoms with E-state index in [0.29, 0.717) is 0 Å². The molecule has 2 rings (SSSR count). The second-order valence-corrected chi connectivity index (χ2v) is 12.6. The van der Waals surface area contributed by atoms with Crippen molar-refractivity contribution in [3.8, 4) is 0 Å². The summed E-state index contributed by atoms with van der Waals surface area (Å²) in [4.78, 5) is 0. The van der Waals surface area contributed by atoms with E-state index in [1.54, 1.807) is 10.6 Å². The minimum absolute atomic E-state index is 0. The van der Waals surface area contributed by atoms with Gasteiger partial charge in [0.25, 0.3) is 0 Å². The first-order valence-electron chi connectivity index (χ1n) is 11.7. The summed E-state index contributed by atoms with van der Waals surface area (Å²) in [6.45, 7) is 9.37. The average Bonchev–Trinajstić information content (AvgIpc) is 3.43. The van der Waals surface area contributed by atoms with Gasteiger partial charge in [-0.2, -0.15) is 6.07 Å². The third-order valence-electron chi connectivity index (χ3n) is 5.13. The van der Waals surface area contributed by atoms with Crippen LogP contribution < -0.4 is 10.6 Å². The molecular formula is C26H44NiP2-6. The molecule has 0 aliphatic carbocycles. The Morgan fingerprint density at radius 1 is 0.690 bits per heavy atom. The van der Waals surface area contributed by atoms with Gasteiger partial charge in [0, 0.05) is 16.5 Å². The first-order chi connectivity index (χ1) is 13.8. The summed E-state index contributed by atoms with van der Waals surface area (Å²) < 4.78 is 0. The van der Waals surface area contributed by atoms with Crippen LogP contribution in [-0.2, 0) is 16.5 Å². The maximum Gasteiger partial charge on any atom is 0 e. The molecule has 174 valence electrons. The van der Waals surface area contributed by atoms with E-state index < -0.39 is 0 Å². The number of unbranched alkanes of at least 4 members (excludes halogenated alkanes) is 4. The molecular weight excluding hydrogens is 433 g/mol. The van der Waals surface area contributed by atoms with Crippen molar-refractivity contribution in [1.82, 2.24) is 0 Å². The van der Waals surface area contributed by atoms with Crippen LogP contribution in [0.1, 0.15) is 79.1 Å². The van der Waals surface area contributed by atoms with E-state index in [1.165, 1.54) is 76.0 Å². The van der Waals surface area contributed by atoms with E-state index in [0.717, 1.165) is 0 Å². The largest absolute Gasteiger partial charge is 0.748 e. The molecule has 2 aromatic carbocycles. The van der Waals surface area contributed by atoms with Crippen LogP contribution in [0, 0.1) is 0 Å². The second-order valence-electron chi connectivity index (χ2n) is 7.65. The first-order valence-corrected chi connectivity index (χ1v) is 15.1. The van der Waals surface area contributed by atoms with Crippen molar-refractivity contribution in [2.24, 2.45) is 0 Å². The number of rotatable bonds is 14. The fourth-order valence-corrected chi connectivity index (χ4v) is 9.80. The Balaban J connectivity index is 0.00000113. The Bertz CT molecular complexity index is 479. The zero-order chi connectivity index (χ0) is 20.5. The average molecular weight is 477 g/mol. The second kappa shape index (κ2) is 20.0. The predicted molar refractivity (Wildman–Crippen MR) is 136 cm³/mol. The smallest absolute Gasteiger partial charge is 0 e. The van der Waals surface area contributed by atoms with Crippen LogP contribution >= 0.6 is 15.8 Å². The summed E-state index contributed by atoms with van der Waals surface area (Å²) in [5, 5.41) is 3.61. The molecule has 0 fully saturated rings. The monoisotopic (exact) mass is 476 g/mol. The van der Waals surface area contributed by atoms with Crippen LogP contribution in [0.3, 0.4) is 0 Å². The van der Waals surface area contributed by atoms with Gasteiger partial charge in [-0.15, -0.1) is 26.5 Å². The molecule has 0 bridgehead atoms. The summed E-state index contributed by atoms with van der Waals surface area (Å²) in [6, 6.07) is 17.4. The van der Waals surface area contributed by atoms with Gasteiger partial charge in [0.1, 0.15) is 0 Å². The molecule has 0 amide bonds. The molecule has 0 radical (unpaired) electrons. The third-order valence-corrected chi connectivity index (χ3v) is 10.9. The van der Waals surface area contributed by atoms with Crippen molar-refractivity contribution in [1.29, 1.82) is 0 Å². The molecule has 29 heavy (non-hydrogen) atoms. The van der Waals surface area contributed by atoms with Crippen molar-refractivity contribution >= 4 is 26.5 Å². The van der Waals surface area contributed by atoms with Crippen LogP contribution in [0.4, 0.5) is 0 Å². The maximum atomic E-state index is 2.50. The van der Waals surface area contributed by atoms with Gasteiger partial charge in [0.15, 0.2) is 0 Å². The molecule has 0 N–H and O–H groups in total. The molecule has 0 nitrogen and oxygen atoms in total. The Morgan fingerprint density at radius 3 is 1.52 bits per heavy atom. The van der Waals surface area contributed by atoms with Gasteiger partial charge < -0.3 is 30.3 Å². The quantitative estimate of drug-likeness (QED) is 0.146. The standard InChI is InChI=1S/C21H39P2.C5H5.Ni/c1-5-9-16-22(17-10-6-2)20-14-13-15-21(20)23(18-11-7-3)19-12-8-4;1-2-4-5-3-1;/h13-15H,5-12,16-19H2,1-4H3;1-5H;/q-1;-5;. The van der Waals surface area contributed by atoms with Crippen LogP contribution in [0.2, 0.25) is 0 Å². The molecule has 0 unspecified atom stereocenters. The van der Waals surface area contributed by atoms with E-state index in [-0.39, 0.29) is 32.3 Å². The van der Waals surface area contributed by atoms with Crippen molar-refractivity contribution in [2.45, 2.75) is 79.1 Å². The molecule has 0 saturated heterocycles. The molecule has 0 atom stereocenters. The van der Waals surface area contributed by atoms with Crippen LogP contribution in [-0.4, -0.2) is 24.6 Å². The van der Waals surface area contributed by atoms with Crippen molar-refractivity contribution in [2.75, 3.05) is 24.6 Å².